The lowest BCUT2D eigenvalue weighted by atomic mass is 9.94. The van der Waals surface area contributed by atoms with Crippen LogP contribution in [0.15, 0.2) is 23.4 Å². The van der Waals surface area contributed by atoms with Gasteiger partial charge in [-0.05, 0) is 44.4 Å². The number of ether oxygens (including phenoxy) is 1. The fourth-order valence-electron chi connectivity index (χ4n) is 2.50. The Bertz CT molecular complexity index is 539. The van der Waals surface area contributed by atoms with Crippen LogP contribution in [0.3, 0.4) is 0 Å². The van der Waals surface area contributed by atoms with Gasteiger partial charge in [0, 0.05) is 32.0 Å². The minimum atomic E-state index is -3.56. The van der Waals surface area contributed by atoms with E-state index < -0.39 is 10.0 Å². The van der Waals surface area contributed by atoms with E-state index in [1.807, 2.05) is 14.0 Å². The molecule has 1 saturated heterocycles. The smallest absolute Gasteiger partial charge is 0.258 e. The van der Waals surface area contributed by atoms with Crippen LogP contribution in [0.2, 0.25) is 0 Å². The molecule has 2 N–H and O–H groups in total. The summed E-state index contributed by atoms with van der Waals surface area (Å²) in [5.41, 5.74) is 0.953. The zero-order valence-electron chi connectivity index (χ0n) is 12.5. The Morgan fingerprint density at radius 1 is 1.38 bits per heavy atom. The third-order valence-electron chi connectivity index (χ3n) is 3.77. The largest absolute Gasteiger partial charge is 0.381 e. The second-order valence-electron chi connectivity index (χ2n) is 5.39. The van der Waals surface area contributed by atoms with Crippen LogP contribution in [0, 0.1) is 5.92 Å². The van der Waals surface area contributed by atoms with Crippen LogP contribution in [-0.4, -0.2) is 39.7 Å². The summed E-state index contributed by atoms with van der Waals surface area (Å²) >= 11 is 0. The number of rotatable bonds is 6. The molecule has 6 nitrogen and oxygen atoms in total. The van der Waals surface area contributed by atoms with Gasteiger partial charge in [-0.25, -0.2) is 18.1 Å². The van der Waals surface area contributed by atoms with Crippen molar-refractivity contribution in [3.8, 4) is 0 Å². The molecule has 1 unspecified atom stereocenters. The number of pyridine rings is 1. The number of nitrogens with zero attached hydrogens (tertiary/aromatic N) is 1. The molecule has 1 aliphatic rings. The highest BCUT2D eigenvalue weighted by Gasteiger charge is 2.26. The summed E-state index contributed by atoms with van der Waals surface area (Å²) in [6, 6.07) is 3.21. The topological polar surface area (TPSA) is 80.3 Å². The van der Waals surface area contributed by atoms with Gasteiger partial charge in [-0.2, -0.15) is 0 Å². The monoisotopic (exact) mass is 313 g/mol. The van der Waals surface area contributed by atoms with Crippen LogP contribution in [0.4, 0.5) is 0 Å². The number of sulfonamides is 1. The van der Waals surface area contributed by atoms with Gasteiger partial charge in [-0.3, -0.25) is 0 Å². The first-order chi connectivity index (χ1) is 10.0. The standard InChI is InChI=1S/C14H23N3O3S/c1-11(13-5-7-20-8-6-13)17-21(18,19)14-4-3-12(9-15-2)10-16-14/h3-4,10-11,13,15,17H,5-9H2,1-2H3. The van der Waals surface area contributed by atoms with Gasteiger partial charge in [0.05, 0.1) is 0 Å². The zero-order chi connectivity index (χ0) is 15.3. The molecule has 1 aromatic heterocycles. The van der Waals surface area contributed by atoms with E-state index in [2.05, 4.69) is 15.0 Å². The first kappa shape index (κ1) is 16.4. The maximum Gasteiger partial charge on any atom is 0.258 e. The van der Waals surface area contributed by atoms with Crippen molar-refractivity contribution in [3.05, 3.63) is 23.9 Å². The molecule has 1 fully saturated rings. The molecule has 0 aliphatic carbocycles. The molecule has 7 heteroatoms. The predicted molar refractivity (Wildman–Crippen MR) is 80.3 cm³/mol. The van der Waals surface area contributed by atoms with Gasteiger partial charge >= 0.3 is 0 Å². The molecule has 2 heterocycles. The van der Waals surface area contributed by atoms with Gasteiger partial charge in [-0.15, -0.1) is 0 Å². The highest BCUT2D eigenvalue weighted by Crippen LogP contribution is 2.20. The van der Waals surface area contributed by atoms with Crippen LogP contribution >= 0.6 is 0 Å². The van der Waals surface area contributed by atoms with E-state index in [4.69, 9.17) is 4.74 Å². The van der Waals surface area contributed by atoms with E-state index in [1.165, 1.54) is 0 Å². The van der Waals surface area contributed by atoms with Gasteiger partial charge in [0.1, 0.15) is 0 Å². The molecule has 1 atom stereocenters. The van der Waals surface area contributed by atoms with Crippen molar-refractivity contribution in [2.45, 2.75) is 37.4 Å². The lowest BCUT2D eigenvalue weighted by Gasteiger charge is -2.28. The van der Waals surface area contributed by atoms with Crippen molar-refractivity contribution in [2.75, 3.05) is 20.3 Å². The fourth-order valence-corrected chi connectivity index (χ4v) is 3.74. The number of hydrogen-bond acceptors (Lipinski definition) is 5. The summed E-state index contributed by atoms with van der Waals surface area (Å²) in [5, 5.41) is 3.07. The lowest BCUT2D eigenvalue weighted by molar-refractivity contribution is 0.0585. The average Bonchev–Trinajstić information content (AvgIpc) is 2.48. The van der Waals surface area contributed by atoms with Crippen molar-refractivity contribution in [1.29, 1.82) is 0 Å². The van der Waals surface area contributed by atoms with Crippen molar-refractivity contribution < 1.29 is 13.2 Å². The Labute approximate surface area is 126 Å². The summed E-state index contributed by atoms with van der Waals surface area (Å²) in [6.45, 7) is 3.98. The Morgan fingerprint density at radius 2 is 2.10 bits per heavy atom. The van der Waals surface area contributed by atoms with Gasteiger partial charge in [-0.1, -0.05) is 6.07 Å². The maximum atomic E-state index is 12.3. The van der Waals surface area contributed by atoms with Crippen LogP contribution < -0.4 is 10.0 Å². The molecule has 0 radical (unpaired) electrons. The molecule has 0 saturated carbocycles. The van der Waals surface area contributed by atoms with E-state index in [0.717, 1.165) is 18.4 Å². The zero-order valence-corrected chi connectivity index (χ0v) is 13.3. The second-order valence-corrected chi connectivity index (χ2v) is 7.06. The quantitative estimate of drug-likeness (QED) is 0.815. The summed E-state index contributed by atoms with van der Waals surface area (Å²) in [6.07, 6.45) is 3.36. The van der Waals surface area contributed by atoms with E-state index in [0.29, 0.717) is 25.7 Å². The highest BCUT2D eigenvalue weighted by atomic mass is 32.2. The molecule has 2 rings (SSSR count). The van der Waals surface area contributed by atoms with E-state index in [-0.39, 0.29) is 11.1 Å². The maximum absolute atomic E-state index is 12.3. The van der Waals surface area contributed by atoms with Crippen molar-refractivity contribution in [1.82, 2.24) is 15.0 Å². The average molecular weight is 313 g/mol. The van der Waals surface area contributed by atoms with Gasteiger partial charge in [0.2, 0.25) is 0 Å². The van der Waals surface area contributed by atoms with Crippen molar-refractivity contribution >= 4 is 10.0 Å². The molecule has 0 aromatic carbocycles. The molecular formula is C14H23N3O3S. The normalized spacial score (nSPS) is 18.6. The van der Waals surface area contributed by atoms with Crippen LogP contribution in [-0.2, 0) is 21.3 Å². The molecule has 1 aliphatic heterocycles. The summed E-state index contributed by atoms with van der Waals surface area (Å²) in [5.74, 6) is 0.317. The Hall–Kier alpha value is -1.02. The van der Waals surface area contributed by atoms with Gasteiger partial charge < -0.3 is 10.1 Å². The van der Waals surface area contributed by atoms with E-state index in [1.54, 1.807) is 18.3 Å². The molecule has 0 bridgehead atoms. The summed E-state index contributed by atoms with van der Waals surface area (Å²) in [7, 11) is -1.73. The molecule has 118 valence electrons. The third kappa shape index (κ3) is 4.47. The van der Waals surface area contributed by atoms with Crippen LogP contribution in [0.5, 0.6) is 0 Å². The van der Waals surface area contributed by atoms with Gasteiger partial charge in [0.25, 0.3) is 10.0 Å². The molecule has 0 amide bonds. The molecule has 1 aromatic rings. The molecule has 21 heavy (non-hydrogen) atoms. The van der Waals surface area contributed by atoms with Crippen molar-refractivity contribution in [2.24, 2.45) is 5.92 Å². The first-order valence-electron chi connectivity index (χ1n) is 7.22. The van der Waals surface area contributed by atoms with Gasteiger partial charge in [0.15, 0.2) is 5.03 Å². The predicted octanol–water partition coefficient (Wildman–Crippen LogP) is 0.894. The summed E-state index contributed by atoms with van der Waals surface area (Å²) < 4.78 is 32.7. The Kier molecular flexibility index (Phi) is 5.69. The molecule has 0 spiro atoms. The first-order valence-corrected chi connectivity index (χ1v) is 8.71. The Morgan fingerprint density at radius 3 is 2.67 bits per heavy atom. The fraction of sp³-hybridized carbons (Fsp3) is 0.643. The number of nitrogens with one attached hydrogen (secondary N) is 2. The van der Waals surface area contributed by atoms with E-state index in [9.17, 15) is 8.42 Å². The summed E-state index contributed by atoms with van der Waals surface area (Å²) in [4.78, 5) is 4.05. The highest BCUT2D eigenvalue weighted by molar-refractivity contribution is 7.89. The SMILES string of the molecule is CNCc1ccc(S(=O)(=O)NC(C)C2CCOCC2)nc1. The van der Waals surface area contributed by atoms with Crippen LogP contribution in [0.25, 0.3) is 0 Å². The van der Waals surface area contributed by atoms with E-state index >= 15 is 0 Å². The number of aromatic nitrogens is 1. The van der Waals surface area contributed by atoms with Crippen molar-refractivity contribution in [3.63, 3.8) is 0 Å². The minimum Gasteiger partial charge on any atom is -0.381 e. The third-order valence-corrected chi connectivity index (χ3v) is 5.24. The minimum absolute atomic E-state index is 0.0706. The molecular weight excluding hydrogens is 290 g/mol. The number of hydrogen-bond donors (Lipinski definition) is 2. The second kappa shape index (κ2) is 7.31. The Balaban J connectivity index is 2.03. The lowest BCUT2D eigenvalue weighted by Crippen LogP contribution is -2.40. The van der Waals surface area contributed by atoms with Crippen LogP contribution in [0.1, 0.15) is 25.3 Å².